The lowest BCUT2D eigenvalue weighted by atomic mass is 9.99. The average molecular weight is 269 g/mol. The number of aromatic hydroxyl groups is 1. The second kappa shape index (κ2) is 5.45. The third-order valence-electron chi connectivity index (χ3n) is 4.56. The lowest BCUT2D eigenvalue weighted by Crippen LogP contribution is -2.32. The summed E-state index contributed by atoms with van der Waals surface area (Å²) in [4.78, 5) is 2.53. The Morgan fingerprint density at radius 2 is 2.00 bits per heavy atom. The van der Waals surface area contributed by atoms with E-state index in [0.717, 1.165) is 18.7 Å². The molecular weight excluding hydrogens is 246 g/mol. The zero-order valence-corrected chi connectivity index (χ0v) is 12.3. The third-order valence-corrected chi connectivity index (χ3v) is 4.56. The first-order valence-corrected chi connectivity index (χ1v) is 7.60. The van der Waals surface area contributed by atoms with Gasteiger partial charge in [0.2, 0.25) is 0 Å². The standard InChI is InChI=1S/C18H23NO/c1-13(2)17-8-5-11-19(17)12-16-15-7-4-3-6-14(15)9-10-18(16)20/h3-4,6-7,9-10,13,17,20H,5,8,11-12H2,1-2H3. The molecule has 1 N–H and O–H groups in total. The molecule has 1 atom stereocenters. The molecule has 1 aliphatic rings. The minimum atomic E-state index is 0.429. The first-order valence-electron chi connectivity index (χ1n) is 7.60. The van der Waals surface area contributed by atoms with Crippen LogP contribution in [0.5, 0.6) is 5.75 Å². The van der Waals surface area contributed by atoms with Gasteiger partial charge in [0.25, 0.3) is 0 Å². The van der Waals surface area contributed by atoms with Crippen molar-refractivity contribution in [2.75, 3.05) is 6.54 Å². The van der Waals surface area contributed by atoms with Crippen LogP contribution >= 0.6 is 0 Å². The molecule has 3 rings (SSSR count). The van der Waals surface area contributed by atoms with Crippen molar-refractivity contribution in [3.05, 3.63) is 42.0 Å². The van der Waals surface area contributed by atoms with Crippen LogP contribution in [0.2, 0.25) is 0 Å². The highest BCUT2D eigenvalue weighted by Crippen LogP contribution is 2.32. The predicted octanol–water partition coefficient (Wildman–Crippen LogP) is 4.17. The zero-order chi connectivity index (χ0) is 14.1. The molecule has 1 unspecified atom stereocenters. The highest BCUT2D eigenvalue weighted by molar-refractivity contribution is 5.87. The van der Waals surface area contributed by atoms with E-state index in [4.69, 9.17) is 0 Å². The third kappa shape index (κ3) is 2.40. The Kier molecular flexibility index (Phi) is 3.66. The van der Waals surface area contributed by atoms with E-state index < -0.39 is 0 Å². The van der Waals surface area contributed by atoms with E-state index in [9.17, 15) is 5.11 Å². The highest BCUT2D eigenvalue weighted by Gasteiger charge is 2.27. The minimum Gasteiger partial charge on any atom is -0.508 e. The van der Waals surface area contributed by atoms with Crippen LogP contribution in [-0.2, 0) is 6.54 Å². The molecular formula is C18H23NO. The maximum Gasteiger partial charge on any atom is 0.120 e. The largest absolute Gasteiger partial charge is 0.508 e. The van der Waals surface area contributed by atoms with Gasteiger partial charge in [-0.25, -0.2) is 0 Å². The number of likely N-dealkylation sites (tertiary alicyclic amines) is 1. The highest BCUT2D eigenvalue weighted by atomic mass is 16.3. The van der Waals surface area contributed by atoms with Gasteiger partial charge in [-0.05, 0) is 42.1 Å². The summed E-state index contributed by atoms with van der Waals surface area (Å²) in [5.41, 5.74) is 1.08. The van der Waals surface area contributed by atoms with Crippen LogP contribution in [0.1, 0.15) is 32.3 Å². The van der Waals surface area contributed by atoms with Crippen LogP contribution in [0.3, 0.4) is 0 Å². The first kappa shape index (κ1) is 13.4. The summed E-state index contributed by atoms with van der Waals surface area (Å²) in [7, 11) is 0. The number of hydrogen-bond donors (Lipinski definition) is 1. The molecule has 2 heteroatoms. The number of benzene rings is 2. The molecule has 0 radical (unpaired) electrons. The van der Waals surface area contributed by atoms with Crippen molar-refractivity contribution in [1.29, 1.82) is 0 Å². The van der Waals surface area contributed by atoms with Gasteiger partial charge in [-0.2, -0.15) is 0 Å². The molecule has 1 fully saturated rings. The SMILES string of the molecule is CC(C)C1CCCN1Cc1c(O)ccc2ccccc12. The second-order valence-corrected chi connectivity index (χ2v) is 6.21. The number of phenols is 1. The molecule has 0 saturated carbocycles. The van der Waals surface area contributed by atoms with Crippen molar-refractivity contribution in [3.63, 3.8) is 0 Å². The minimum absolute atomic E-state index is 0.429. The summed E-state index contributed by atoms with van der Waals surface area (Å²) in [5, 5.41) is 12.7. The molecule has 1 heterocycles. The second-order valence-electron chi connectivity index (χ2n) is 6.21. The van der Waals surface area contributed by atoms with Crippen LogP contribution in [-0.4, -0.2) is 22.6 Å². The molecule has 2 aromatic carbocycles. The molecule has 2 nitrogen and oxygen atoms in total. The number of hydrogen-bond acceptors (Lipinski definition) is 2. The first-order chi connectivity index (χ1) is 9.66. The molecule has 0 aromatic heterocycles. The Hall–Kier alpha value is -1.54. The Balaban J connectivity index is 1.96. The molecule has 0 bridgehead atoms. The van der Waals surface area contributed by atoms with Crippen LogP contribution < -0.4 is 0 Å². The number of fused-ring (bicyclic) bond motifs is 1. The maximum absolute atomic E-state index is 10.3. The Morgan fingerprint density at radius 3 is 2.80 bits per heavy atom. The van der Waals surface area contributed by atoms with Crippen molar-refractivity contribution in [3.8, 4) is 5.75 Å². The molecule has 0 aliphatic carbocycles. The Bertz CT molecular complexity index is 605. The lowest BCUT2D eigenvalue weighted by molar-refractivity contribution is 0.197. The van der Waals surface area contributed by atoms with E-state index in [-0.39, 0.29) is 0 Å². The zero-order valence-electron chi connectivity index (χ0n) is 12.3. The lowest BCUT2D eigenvalue weighted by Gasteiger charge is -2.28. The average Bonchev–Trinajstić information content (AvgIpc) is 2.90. The van der Waals surface area contributed by atoms with Gasteiger partial charge in [0.1, 0.15) is 5.75 Å². The van der Waals surface area contributed by atoms with E-state index in [1.54, 1.807) is 0 Å². The number of nitrogens with zero attached hydrogens (tertiary/aromatic N) is 1. The summed E-state index contributed by atoms with van der Waals surface area (Å²) < 4.78 is 0. The molecule has 106 valence electrons. The van der Waals surface area contributed by atoms with E-state index in [1.165, 1.54) is 23.6 Å². The van der Waals surface area contributed by atoms with Gasteiger partial charge in [-0.3, -0.25) is 4.90 Å². The summed E-state index contributed by atoms with van der Waals surface area (Å²) in [6, 6.07) is 12.8. The Morgan fingerprint density at radius 1 is 1.20 bits per heavy atom. The van der Waals surface area contributed by atoms with E-state index in [1.807, 2.05) is 12.1 Å². The van der Waals surface area contributed by atoms with Crippen LogP contribution in [0.4, 0.5) is 0 Å². The smallest absolute Gasteiger partial charge is 0.120 e. The maximum atomic E-state index is 10.3. The molecule has 1 aliphatic heterocycles. The van der Waals surface area contributed by atoms with E-state index >= 15 is 0 Å². The fourth-order valence-electron chi connectivity index (χ4n) is 3.50. The van der Waals surface area contributed by atoms with Crippen LogP contribution in [0, 0.1) is 5.92 Å². The van der Waals surface area contributed by atoms with Crippen molar-refractivity contribution >= 4 is 10.8 Å². The van der Waals surface area contributed by atoms with E-state index in [0.29, 0.717) is 17.7 Å². The Labute approximate surface area is 121 Å². The summed E-state index contributed by atoms with van der Waals surface area (Å²) in [6.07, 6.45) is 2.55. The monoisotopic (exact) mass is 269 g/mol. The van der Waals surface area contributed by atoms with Gasteiger partial charge >= 0.3 is 0 Å². The molecule has 0 amide bonds. The van der Waals surface area contributed by atoms with Gasteiger partial charge in [-0.15, -0.1) is 0 Å². The molecule has 20 heavy (non-hydrogen) atoms. The number of phenolic OH excluding ortho intramolecular Hbond substituents is 1. The molecule has 0 spiro atoms. The topological polar surface area (TPSA) is 23.5 Å². The van der Waals surface area contributed by atoms with Gasteiger partial charge in [-0.1, -0.05) is 44.2 Å². The fourth-order valence-corrected chi connectivity index (χ4v) is 3.50. The fraction of sp³-hybridized carbons (Fsp3) is 0.444. The van der Waals surface area contributed by atoms with Crippen LogP contribution in [0.25, 0.3) is 10.8 Å². The van der Waals surface area contributed by atoms with Gasteiger partial charge < -0.3 is 5.11 Å². The normalized spacial score (nSPS) is 20.1. The van der Waals surface area contributed by atoms with Crippen molar-refractivity contribution in [2.45, 2.75) is 39.3 Å². The predicted molar refractivity (Wildman–Crippen MR) is 83.9 cm³/mol. The molecule has 1 saturated heterocycles. The van der Waals surface area contributed by atoms with Crippen molar-refractivity contribution < 1.29 is 5.11 Å². The number of rotatable bonds is 3. The molecule has 2 aromatic rings. The van der Waals surface area contributed by atoms with Gasteiger partial charge in [0, 0.05) is 18.2 Å². The van der Waals surface area contributed by atoms with Crippen molar-refractivity contribution in [1.82, 2.24) is 4.90 Å². The summed E-state index contributed by atoms with van der Waals surface area (Å²) in [6.45, 7) is 6.60. The van der Waals surface area contributed by atoms with Crippen molar-refractivity contribution in [2.24, 2.45) is 5.92 Å². The summed E-state index contributed by atoms with van der Waals surface area (Å²) in [5.74, 6) is 1.10. The van der Waals surface area contributed by atoms with Crippen LogP contribution in [0.15, 0.2) is 36.4 Å². The summed E-state index contributed by atoms with van der Waals surface area (Å²) >= 11 is 0. The van der Waals surface area contributed by atoms with Gasteiger partial charge in [0.15, 0.2) is 0 Å². The van der Waals surface area contributed by atoms with E-state index in [2.05, 4.69) is 43.0 Å². The van der Waals surface area contributed by atoms with Gasteiger partial charge in [0.05, 0.1) is 0 Å². The quantitative estimate of drug-likeness (QED) is 0.904.